The molecule has 1 aromatic heterocycles. The molecule has 0 spiro atoms. The van der Waals surface area contributed by atoms with Gasteiger partial charge in [-0.1, -0.05) is 19.1 Å². The molecule has 0 aliphatic rings. The van der Waals surface area contributed by atoms with Crippen LogP contribution in [0, 0.1) is 12.7 Å². The van der Waals surface area contributed by atoms with Crippen molar-refractivity contribution in [2.24, 2.45) is 0 Å². The molecule has 0 aliphatic heterocycles. The summed E-state index contributed by atoms with van der Waals surface area (Å²) in [6.07, 6.45) is 0.579. The van der Waals surface area contributed by atoms with Crippen molar-refractivity contribution in [1.29, 1.82) is 0 Å². The van der Waals surface area contributed by atoms with E-state index in [1.807, 2.05) is 6.92 Å². The summed E-state index contributed by atoms with van der Waals surface area (Å²) in [5, 5.41) is 7.97. The average Bonchev–Trinajstić information content (AvgIpc) is 2.49. The number of ketones is 1. The van der Waals surface area contributed by atoms with Crippen LogP contribution >= 0.6 is 0 Å². The van der Waals surface area contributed by atoms with Crippen LogP contribution in [-0.2, 0) is 12.8 Å². The SMILES string of the molecule is CCc1nnc(C)cc1C(=O)Cc1cccc(OC)c1F. The number of carbonyl (C=O) groups is 1. The second-order valence-electron chi connectivity index (χ2n) is 4.73. The lowest BCUT2D eigenvalue weighted by atomic mass is 10.00. The van der Waals surface area contributed by atoms with Gasteiger partial charge in [0, 0.05) is 12.0 Å². The number of rotatable bonds is 5. The van der Waals surface area contributed by atoms with Crippen LogP contribution in [0.2, 0.25) is 0 Å². The number of nitrogens with zero attached hydrogens (tertiary/aromatic N) is 2. The molecule has 0 unspecified atom stereocenters. The Bertz CT molecular complexity index is 671. The Morgan fingerprint density at radius 2 is 2.10 bits per heavy atom. The third-order valence-corrected chi connectivity index (χ3v) is 3.24. The van der Waals surface area contributed by atoms with Crippen LogP contribution in [0.4, 0.5) is 4.39 Å². The van der Waals surface area contributed by atoms with Crippen molar-refractivity contribution < 1.29 is 13.9 Å². The topological polar surface area (TPSA) is 52.1 Å². The molecule has 1 heterocycles. The highest BCUT2D eigenvalue weighted by molar-refractivity contribution is 5.98. The van der Waals surface area contributed by atoms with E-state index in [4.69, 9.17) is 4.74 Å². The van der Waals surface area contributed by atoms with Crippen molar-refractivity contribution in [2.75, 3.05) is 7.11 Å². The first-order valence-electron chi connectivity index (χ1n) is 6.74. The van der Waals surface area contributed by atoms with Crippen LogP contribution in [0.5, 0.6) is 5.75 Å². The van der Waals surface area contributed by atoms with E-state index in [1.165, 1.54) is 13.2 Å². The minimum Gasteiger partial charge on any atom is -0.494 e. The van der Waals surface area contributed by atoms with E-state index in [9.17, 15) is 9.18 Å². The van der Waals surface area contributed by atoms with Gasteiger partial charge in [-0.2, -0.15) is 10.2 Å². The van der Waals surface area contributed by atoms with Crippen molar-refractivity contribution in [3.63, 3.8) is 0 Å². The summed E-state index contributed by atoms with van der Waals surface area (Å²) >= 11 is 0. The normalized spacial score (nSPS) is 10.5. The van der Waals surface area contributed by atoms with Gasteiger partial charge in [-0.05, 0) is 31.0 Å². The first kappa shape index (κ1) is 15.1. The van der Waals surface area contributed by atoms with Crippen LogP contribution in [0.1, 0.15) is 34.2 Å². The number of hydrogen-bond acceptors (Lipinski definition) is 4. The number of aromatic nitrogens is 2. The van der Waals surface area contributed by atoms with Gasteiger partial charge in [-0.25, -0.2) is 4.39 Å². The van der Waals surface area contributed by atoms with E-state index in [0.717, 1.165) is 0 Å². The summed E-state index contributed by atoms with van der Waals surface area (Å²) in [6, 6.07) is 6.48. The number of Topliss-reactive ketones (excluding diaryl/α,β-unsaturated/α-hetero) is 1. The van der Waals surface area contributed by atoms with Crippen LogP contribution < -0.4 is 4.74 Å². The van der Waals surface area contributed by atoms with Gasteiger partial charge >= 0.3 is 0 Å². The Morgan fingerprint density at radius 1 is 1.33 bits per heavy atom. The summed E-state index contributed by atoms with van der Waals surface area (Å²) < 4.78 is 19.0. The van der Waals surface area contributed by atoms with E-state index in [-0.39, 0.29) is 18.0 Å². The molecule has 1 aromatic carbocycles. The molecule has 0 saturated heterocycles. The zero-order valence-electron chi connectivity index (χ0n) is 12.3. The van der Waals surface area contributed by atoms with Gasteiger partial charge in [-0.15, -0.1) is 0 Å². The summed E-state index contributed by atoms with van der Waals surface area (Å²) in [5.41, 5.74) is 2.12. The Labute approximate surface area is 123 Å². The summed E-state index contributed by atoms with van der Waals surface area (Å²) in [6.45, 7) is 3.68. The third-order valence-electron chi connectivity index (χ3n) is 3.24. The Balaban J connectivity index is 2.32. The summed E-state index contributed by atoms with van der Waals surface area (Å²) in [5.74, 6) is -0.526. The molecule has 0 amide bonds. The lowest BCUT2D eigenvalue weighted by molar-refractivity contribution is 0.0990. The van der Waals surface area contributed by atoms with Crippen molar-refractivity contribution in [1.82, 2.24) is 10.2 Å². The molecular weight excluding hydrogens is 271 g/mol. The quantitative estimate of drug-likeness (QED) is 0.794. The molecule has 0 atom stereocenters. The van der Waals surface area contributed by atoms with Crippen LogP contribution in [0.15, 0.2) is 24.3 Å². The fourth-order valence-electron chi connectivity index (χ4n) is 2.14. The van der Waals surface area contributed by atoms with Gasteiger partial charge in [0.25, 0.3) is 0 Å². The highest BCUT2D eigenvalue weighted by Gasteiger charge is 2.17. The van der Waals surface area contributed by atoms with Crippen molar-refractivity contribution in [3.8, 4) is 5.75 Å². The maximum atomic E-state index is 14.1. The average molecular weight is 288 g/mol. The van der Waals surface area contributed by atoms with E-state index in [0.29, 0.717) is 28.9 Å². The molecule has 0 fully saturated rings. The zero-order chi connectivity index (χ0) is 15.4. The maximum absolute atomic E-state index is 14.1. The molecule has 0 bridgehead atoms. The minimum absolute atomic E-state index is 0.0266. The first-order valence-corrected chi connectivity index (χ1v) is 6.74. The van der Waals surface area contributed by atoms with E-state index >= 15 is 0 Å². The molecule has 0 saturated carbocycles. The molecule has 5 heteroatoms. The van der Waals surface area contributed by atoms with E-state index in [1.54, 1.807) is 25.1 Å². The number of benzene rings is 1. The largest absolute Gasteiger partial charge is 0.494 e. The molecule has 2 rings (SSSR count). The molecule has 0 aliphatic carbocycles. The molecule has 21 heavy (non-hydrogen) atoms. The predicted molar refractivity (Wildman–Crippen MR) is 77.1 cm³/mol. The highest BCUT2D eigenvalue weighted by atomic mass is 19.1. The number of methoxy groups -OCH3 is 1. The fourth-order valence-corrected chi connectivity index (χ4v) is 2.14. The molecular formula is C16H17FN2O2. The molecule has 0 N–H and O–H groups in total. The number of carbonyl (C=O) groups excluding carboxylic acids is 1. The molecule has 110 valence electrons. The van der Waals surface area contributed by atoms with Crippen molar-refractivity contribution in [2.45, 2.75) is 26.7 Å². The fraction of sp³-hybridized carbons (Fsp3) is 0.312. The van der Waals surface area contributed by atoms with Crippen molar-refractivity contribution >= 4 is 5.78 Å². The lowest BCUT2D eigenvalue weighted by Gasteiger charge is -2.09. The smallest absolute Gasteiger partial charge is 0.169 e. The minimum atomic E-state index is -0.495. The third kappa shape index (κ3) is 3.24. The number of hydrogen-bond donors (Lipinski definition) is 0. The number of aryl methyl sites for hydroxylation is 2. The number of ether oxygens (including phenoxy) is 1. The Kier molecular flexibility index (Phi) is 4.62. The van der Waals surface area contributed by atoms with Gasteiger partial charge in [0.1, 0.15) is 0 Å². The van der Waals surface area contributed by atoms with Crippen LogP contribution in [0.3, 0.4) is 0 Å². The maximum Gasteiger partial charge on any atom is 0.169 e. The van der Waals surface area contributed by atoms with Gasteiger partial charge in [0.15, 0.2) is 17.3 Å². The summed E-state index contributed by atoms with van der Waals surface area (Å²) in [7, 11) is 1.40. The van der Waals surface area contributed by atoms with Gasteiger partial charge in [0.2, 0.25) is 0 Å². The van der Waals surface area contributed by atoms with E-state index < -0.39 is 5.82 Å². The van der Waals surface area contributed by atoms with Gasteiger partial charge < -0.3 is 4.74 Å². The lowest BCUT2D eigenvalue weighted by Crippen LogP contribution is -2.11. The Morgan fingerprint density at radius 3 is 2.76 bits per heavy atom. The monoisotopic (exact) mass is 288 g/mol. The molecule has 2 aromatic rings. The zero-order valence-corrected chi connectivity index (χ0v) is 12.3. The first-order chi connectivity index (χ1) is 10.1. The highest BCUT2D eigenvalue weighted by Crippen LogP contribution is 2.22. The molecule has 4 nitrogen and oxygen atoms in total. The molecule has 0 radical (unpaired) electrons. The standard InChI is InChI=1S/C16H17FN2O2/c1-4-13-12(8-10(2)18-19-13)14(20)9-11-6-5-7-15(21-3)16(11)17/h5-8H,4,9H2,1-3H3. The number of halogens is 1. The second kappa shape index (κ2) is 6.43. The second-order valence-corrected chi connectivity index (χ2v) is 4.73. The van der Waals surface area contributed by atoms with Crippen LogP contribution in [0.25, 0.3) is 0 Å². The Hall–Kier alpha value is -2.30. The van der Waals surface area contributed by atoms with Crippen LogP contribution in [-0.4, -0.2) is 23.1 Å². The van der Waals surface area contributed by atoms with Crippen molar-refractivity contribution in [3.05, 3.63) is 52.6 Å². The van der Waals surface area contributed by atoms with Gasteiger partial charge in [0.05, 0.1) is 18.5 Å². The predicted octanol–water partition coefficient (Wildman–Crippen LogP) is 2.92. The van der Waals surface area contributed by atoms with E-state index in [2.05, 4.69) is 10.2 Å². The van der Waals surface area contributed by atoms with Gasteiger partial charge in [-0.3, -0.25) is 4.79 Å². The summed E-state index contributed by atoms with van der Waals surface area (Å²) in [4.78, 5) is 12.4.